The van der Waals surface area contributed by atoms with E-state index >= 15 is 0 Å². The van der Waals surface area contributed by atoms with Gasteiger partial charge in [0.25, 0.3) is 5.91 Å². The van der Waals surface area contributed by atoms with Crippen LogP contribution in [0.5, 0.6) is 0 Å². The van der Waals surface area contributed by atoms with Crippen molar-refractivity contribution >= 4 is 33.0 Å². The first-order chi connectivity index (χ1) is 13.6. The molecule has 1 amide bonds. The third-order valence-electron chi connectivity index (χ3n) is 5.43. The summed E-state index contributed by atoms with van der Waals surface area (Å²) in [6.45, 7) is 3.98. The van der Waals surface area contributed by atoms with E-state index in [1.54, 1.807) is 15.8 Å². The first-order valence-electron chi connectivity index (χ1n) is 9.74. The van der Waals surface area contributed by atoms with E-state index in [4.69, 9.17) is 0 Å². The summed E-state index contributed by atoms with van der Waals surface area (Å²) in [5, 5.41) is 1.61. The van der Waals surface area contributed by atoms with Crippen molar-refractivity contribution in [2.24, 2.45) is 0 Å². The SMILES string of the molecule is O=C(c1cc(S(=O)(=O)N2CCCCC2)cs1)N1CCN(c2ccccc2)CC1. The average molecular weight is 420 g/mol. The predicted octanol–water partition coefficient (Wildman–Crippen LogP) is 2.89. The standard InChI is InChI=1S/C20H25N3O3S2/c24-20(22-13-11-21(12-14-22)17-7-3-1-4-8-17)19-15-18(16-27-19)28(25,26)23-9-5-2-6-10-23/h1,3-4,7-8,15-16H,2,5-6,9-14H2. The highest BCUT2D eigenvalue weighted by Gasteiger charge is 2.29. The van der Waals surface area contributed by atoms with Gasteiger partial charge in [0, 0.05) is 50.3 Å². The van der Waals surface area contributed by atoms with Crippen LogP contribution in [0.2, 0.25) is 0 Å². The Bertz CT molecular complexity index is 913. The number of para-hydroxylation sites is 1. The minimum Gasteiger partial charge on any atom is -0.368 e. The number of nitrogens with zero attached hydrogens (tertiary/aromatic N) is 3. The number of anilines is 1. The van der Waals surface area contributed by atoms with E-state index in [2.05, 4.69) is 17.0 Å². The molecule has 0 radical (unpaired) electrons. The van der Waals surface area contributed by atoms with Gasteiger partial charge in [-0.1, -0.05) is 24.6 Å². The van der Waals surface area contributed by atoms with Gasteiger partial charge in [0.05, 0.1) is 9.77 Å². The number of carbonyl (C=O) groups is 1. The fourth-order valence-corrected chi connectivity index (χ4v) is 6.53. The Morgan fingerprint density at radius 1 is 0.893 bits per heavy atom. The van der Waals surface area contributed by atoms with Crippen molar-refractivity contribution < 1.29 is 13.2 Å². The molecule has 2 aromatic rings. The zero-order chi connectivity index (χ0) is 19.6. The summed E-state index contributed by atoms with van der Waals surface area (Å²) >= 11 is 1.23. The quantitative estimate of drug-likeness (QED) is 0.765. The highest BCUT2D eigenvalue weighted by molar-refractivity contribution is 7.89. The van der Waals surface area contributed by atoms with E-state index in [1.165, 1.54) is 17.0 Å². The van der Waals surface area contributed by atoms with Crippen LogP contribution in [0.15, 0.2) is 46.7 Å². The number of piperidine rings is 1. The molecule has 1 aromatic heterocycles. The maximum Gasteiger partial charge on any atom is 0.264 e. The van der Waals surface area contributed by atoms with E-state index in [0.29, 0.717) is 31.1 Å². The van der Waals surface area contributed by atoms with Gasteiger partial charge >= 0.3 is 0 Å². The molecule has 0 spiro atoms. The number of amides is 1. The van der Waals surface area contributed by atoms with Gasteiger partial charge < -0.3 is 9.80 Å². The number of hydrogen-bond donors (Lipinski definition) is 0. The van der Waals surface area contributed by atoms with Crippen LogP contribution in [0.4, 0.5) is 5.69 Å². The van der Waals surface area contributed by atoms with Crippen LogP contribution >= 0.6 is 11.3 Å². The van der Waals surface area contributed by atoms with Crippen molar-refractivity contribution in [2.45, 2.75) is 24.2 Å². The molecule has 2 aliphatic heterocycles. The summed E-state index contributed by atoms with van der Waals surface area (Å²) in [7, 11) is -3.49. The van der Waals surface area contributed by atoms with Gasteiger partial charge in [0.2, 0.25) is 10.0 Å². The van der Waals surface area contributed by atoms with Gasteiger partial charge in [-0.15, -0.1) is 11.3 Å². The Morgan fingerprint density at radius 3 is 2.25 bits per heavy atom. The van der Waals surface area contributed by atoms with E-state index in [1.807, 2.05) is 23.1 Å². The fraction of sp³-hybridized carbons (Fsp3) is 0.450. The number of piperazine rings is 1. The van der Waals surface area contributed by atoms with Crippen LogP contribution in [-0.4, -0.2) is 62.8 Å². The number of sulfonamides is 1. The van der Waals surface area contributed by atoms with Gasteiger partial charge in [-0.3, -0.25) is 4.79 Å². The van der Waals surface area contributed by atoms with Crippen molar-refractivity contribution in [3.63, 3.8) is 0 Å². The van der Waals surface area contributed by atoms with Gasteiger partial charge in [0.15, 0.2) is 0 Å². The smallest absolute Gasteiger partial charge is 0.264 e. The summed E-state index contributed by atoms with van der Waals surface area (Å²) in [4.78, 5) is 17.7. The molecule has 4 rings (SSSR count). The molecular formula is C20H25N3O3S2. The van der Waals surface area contributed by atoms with Crippen molar-refractivity contribution in [3.05, 3.63) is 46.7 Å². The molecule has 2 saturated heterocycles. The van der Waals surface area contributed by atoms with E-state index < -0.39 is 10.0 Å². The van der Waals surface area contributed by atoms with Gasteiger partial charge in [-0.05, 0) is 31.0 Å². The molecular weight excluding hydrogens is 394 g/mol. The summed E-state index contributed by atoms with van der Waals surface area (Å²) in [5.74, 6) is -0.0715. The number of rotatable bonds is 4. The molecule has 0 aliphatic carbocycles. The fourth-order valence-electron chi connectivity index (χ4n) is 3.78. The van der Waals surface area contributed by atoms with Crippen molar-refractivity contribution in [1.82, 2.24) is 9.21 Å². The lowest BCUT2D eigenvalue weighted by Crippen LogP contribution is -2.48. The van der Waals surface area contributed by atoms with Crippen LogP contribution in [0.3, 0.4) is 0 Å². The van der Waals surface area contributed by atoms with Crippen molar-refractivity contribution in [1.29, 1.82) is 0 Å². The molecule has 0 N–H and O–H groups in total. The molecule has 0 saturated carbocycles. The second kappa shape index (κ2) is 8.23. The molecule has 0 unspecified atom stereocenters. The van der Waals surface area contributed by atoms with Crippen molar-refractivity contribution in [2.75, 3.05) is 44.2 Å². The lowest BCUT2D eigenvalue weighted by Gasteiger charge is -2.36. The molecule has 150 valence electrons. The number of carbonyl (C=O) groups excluding carboxylic acids is 1. The second-order valence-corrected chi connectivity index (χ2v) is 10.1. The summed E-state index contributed by atoms with van der Waals surface area (Å²) in [6.07, 6.45) is 2.88. The zero-order valence-electron chi connectivity index (χ0n) is 15.8. The predicted molar refractivity (Wildman–Crippen MR) is 111 cm³/mol. The minimum atomic E-state index is -3.49. The molecule has 3 heterocycles. The van der Waals surface area contributed by atoms with Gasteiger partial charge in [-0.25, -0.2) is 8.42 Å². The first kappa shape index (κ1) is 19.4. The van der Waals surface area contributed by atoms with Crippen LogP contribution in [0.25, 0.3) is 0 Å². The Hall–Kier alpha value is -1.90. The van der Waals surface area contributed by atoms with E-state index in [0.717, 1.165) is 32.4 Å². The third kappa shape index (κ3) is 3.94. The number of benzene rings is 1. The number of thiophene rings is 1. The Balaban J connectivity index is 1.41. The highest BCUT2D eigenvalue weighted by atomic mass is 32.2. The van der Waals surface area contributed by atoms with Crippen LogP contribution in [-0.2, 0) is 10.0 Å². The lowest BCUT2D eigenvalue weighted by molar-refractivity contribution is 0.0751. The van der Waals surface area contributed by atoms with Gasteiger partial charge in [-0.2, -0.15) is 4.31 Å². The molecule has 8 heteroatoms. The van der Waals surface area contributed by atoms with Crippen LogP contribution < -0.4 is 4.90 Å². The van der Waals surface area contributed by atoms with E-state index in [9.17, 15) is 13.2 Å². The number of hydrogen-bond acceptors (Lipinski definition) is 5. The summed E-state index contributed by atoms with van der Waals surface area (Å²) in [5.41, 5.74) is 1.17. The monoisotopic (exact) mass is 419 g/mol. The Kier molecular flexibility index (Phi) is 5.70. The van der Waals surface area contributed by atoms with Crippen LogP contribution in [0, 0.1) is 0 Å². The molecule has 0 atom stereocenters. The molecule has 2 fully saturated rings. The molecule has 6 nitrogen and oxygen atoms in total. The zero-order valence-corrected chi connectivity index (χ0v) is 17.4. The average Bonchev–Trinajstić information content (AvgIpc) is 3.26. The molecule has 28 heavy (non-hydrogen) atoms. The maximum atomic E-state index is 12.9. The second-order valence-electron chi connectivity index (χ2n) is 7.23. The lowest BCUT2D eigenvalue weighted by atomic mass is 10.2. The molecule has 1 aromatic carbocycles. The Morgan fingerprint density at radius 2 is 1.57 bits per heavy atom. The minimum absolute atomic E-state index is 0.0715. The third-order valence-corrected chi connectivity index (χ3v) is 8.37. The van der Waals surface area contributed by atoms with Gasteiger partial charge in [0.1, 0.15) is 0 Å². The Labute approximate surface area is 170 Å². The highest BCUT2D eigenvalue weighted by Crippen LogP contribution is 2.26. The maximum absolute atomic E-state index is 12.9. The summed E-state index contributed by atoms with van der Waals surface area (Å²) in [6, 6.07) is 11.7. The largest absolute Gasteiger partial charge is 0.368 e. The van der Waals surface area contributed by atoms with Crippen molar-refractivity contribution in [3.8, 4) is 0 Å². The summed E-state index contributed by atoms with van der Waals surface area (Å²) < 4.78 is 27.1. The molecule has 2 aliphatic rings. The first-order valence-corrected chi connectivity index (χ1v) is 12.1. The topological polar surface area (TPSA) is 60.9 Å². The van der Waals surface area contributed by atoms with E-state index in [-0.39, 0.29) is 10.8 Å². The van der Waals surface area contributed by atoms with Crippen LogP contribution in [0.1, 0.15) is 28.9 Å². The normalized spacial score (nSPS) is 19.0. The molecule has 0 bridgehead atoms.